The summed E-state index contributed by atoms with van der Waals surface area (Å²) >= 11 is 0. The summed E-state index contributed by atoms with van der Waals surface area (Å²) in [7, 11) is -6.66. The van der Waals surface area contributed by atoms with E-state index >= 15 is 0 Å². The SMILES string of the molecule is CCCS(=O)(=O)NC1CCN(C(=O)NCCS(=O)(=O)N2CCOCC2)CC1. The van der Waals surface area contributed by atoms with Crippen molar-refractivity contribution < 1.29 is 26.4 Å². The normalized spacial score (nSPS) is 20.6. The average Bonchev–Trinajstić information content (AvgIpc) is 2.62. The second-order valence-corrected chi connectivity index (χ2v) is 10.7. The number of nitrogens with zero attached hydrogens (tertiary/aromatic N) is 2. The highest BCUT2D eigenvalue weighted by molar-refractivity contribution is 7.89. The van der Waals surface area contributed by atoms with Crippen molar-refractivity contribution in [2.24, 2.45) is 0 Å². The maximum absolute atomic E-state index is 12.2. The molecule has 0 aromatic rings. The lowest BCUT2D eigenvalue weighted by atomic mass is 10.1. The lowest BCUT2D eigenvalue weighted by molar-refractivity contribution is 0.0730. The van der Waals surface area contributed by atoms with E-state index in [1.807, 2.05) is 6.92 Å². The predicted molar refractivity (Wildman–Crippen MR) is 101 cm³/mol. The molecule has 0 atom stereocenters. The molecule has 2 aliphatic rings. The van der Waals surface area contributed by atoms with Crippen molar-refractivity contribution in [2.45, 2.75) is 32.2 Å². The summed E-state index contributed by atoms with van der Waals surface area (Å²) < 4.78 is 57.2. The van der Waals surface area contributed by atoms with Gasteiger partial charge in [-0.1, -0.05) is 6.92 Å². The molecule has 2 rings (SSSR count). The molecule has 2 heterocycles. The Hall–Kier alpha value is -0.950. The highest BCUT2D eigenvalue weighted by Crippen LogP contribution is 2.12. The number of carbonyl (C=O) groups is 1. The van der Waals surface area contributed by atoms with Gasteiger partial charge in [-0.15, -0.1) is 0 Å². The Morgan fingerprint density at radius 1 is 1.04 bits per heavy atom. The smallest absolute Gasteiger partial charge is 0.317 e. The fourth-order valence-electron chi connectivity index (χ4n) is 3.13. The van der Waals surface area contributed by atoms with Crippen LogP contribution in [-0.4, -0.2) is 95.6 Å². The minimum Gasteiger partial charge on any atom is -0.379 e. The molecule has 2 N–H and O–H groups in total. The molecule has 12 heteroatoms. The van der Waals surface area contributed by atoms with Gasteiger partial charge in [-0.05, 0) is 19.3 Å². The fraction of sp³-hybridized carbons (Fsp3) is 0.933. The van der Waals surface area contributed by atoms with Crippen LogP contribution in [0.4, 0.5) is 4.79 Å². The molecule has 27 heavy (non-hydrogen) atoms. The van der Waals surface area contributed by atoms with Gasteiger partial charge < -0.3 is 15.0 Å². The predicted octanol–water partition coefficient (Wildman–Crippen LogP) is -0.848. The van der Waals surface area contributed by atoms with Crippen LogP contribution in [0.2, 0.25) is 0 Å². The number of likely N-dealkylation sites (tertiary alicyclic amines) is 1. The van der Waals surface area contributed by atoms with E-state index in [4.69, 9.17) is 4.74 Å². The van der Waals surface area contributed by atoms with E-state index in [1.165, 1.54) is 4.31 Å². The molecule has 0 aromatic heterocycles. The summed E-state index contributed by atoms with van der Waals surface area (Å²) in [6, 6.07) is -0.477. The molecule has 2 aliphatic heterocycles. The van der Waals surface area contributed by atoms with E-state index in [2.05, 4.69) is 10.0 Å². The number of ether oxygens (including phenoxy) is 1. The Morgan fingerprint density at radius 3 is 2.26 bits per heavy atom. The van der Waals surface area contributed by atoms with Crippen LogP contribution in [0.3, 0.4) is 0 Å². The topological polar surface area (TPSA) is 125 Å². The van der Waals surface area contributed by atoms with Crippen molar-refractivity contribution in [1.82, 2.24) is 19.2 Å². The van der Waals surface area contributed by atoms with Gasteiger partial charge in [-0.25, -0.2) is 26.4 Å². The zero-order chi connectivity index (χ0) is 19.9. The third-order valence-corrected chi connectivity index (χ3v) is 8.11. The van der Waals surface area contributed by atoms with Crippen molar-refractivity contribution in [2.75, 3.05) is 57.4 Å². The molecular formula is C15H30N4O6S2. The van der Waals surface area contributed by atoms with Gasteiger partial charge in [-0.2, -0.15) is 4.31 Å². The Kier molecular flexibility index (Phi) is 8.28. The fourth-order valence-corrected chi connectivity index (χ4v) is 5.86. The number of hydrogen-bond acceptors (Lipinski definition) is 6. The quantitative estimate of drug-likeness (QED) is 0.521. The Balaban J connectivity index is 1.70. The van der Waals surface area contributed by atoms with E-state index in [0.717, 1.165) is 0 Å². The number of nitrogens with one attached hydrogen (secondary N) is 2. The maximum atomic E-state index is 12.2. The highest BCUT2D eigenvalue weighted by atomic mass is 32.2. The van der Waals surface area contributed by atoms with Crippen LogP contribution in [-0.2, 0) is 24.8 Å². The first kappa shape index (κ1) is 22.3. The molecule has 0 aromatic carbocycles. The molecule has 0 unspecified atom stereocenters. The minimum absolute atomic E-state index is 0.0432. The number of morpholine rings is 1. The zero-order valence-electron chi connectivity index (χ0n) is 15.7. The van der Waals surface area contributed by atoms with Crippen LogP contribution in [0.15, 0.2) is 0 Å². The van der Waals surface area contributed by atoms with Gasteiger partial charge in [0.05, 0.1) is 24.7 Å². The van der Waals surface area contributed by atoms with Crippen LogP contribution < -0.4 is 10.0 Å². The van der Waals surface area contributed by atoms with Crippen LogP contribution in [0.1, 0.15) is 26.2 Å². The van der Waals surface area contributed by atoms with Crippen LogP contribution in [0.25, 0.3) is 0 Å². The number of hydrogen-bond donors (Lipinski definition) is 2. The molecular weight excluding hydrogens is 396 g/mol. The highest BCUT2D eigenvalue weighted by Gasteiger charge is 2.27. The van der Waals surface area contributed by atoms with Gasteiger partial charge in [0.15, 0.2) is 0 Å². The Morgan fingerprint density at radius 2 is 1.67 bits per heavy atom. The van der Waals surface area contributed by atoms with Crippen molar-refractivity contribution >= 4 is 26.1 Å². The summed E-state index contributed by atoms with van der Waals surface area (Å²) in [5.41, 5.74) is 0. The van der Waals surface area contributed by atoms with Crippen LogP contribution in [0.5, 0.6) is 0 Å². The van der Waals surface area contributed by atoms with Crippen molar-refractivity contribution in [3.8, 4) is 0 Å². The van der Waals surface area contributed by atoms with E-state index in [1.54, 1.807) is 4.90 Å². The van der Waals surface area contributed by atoms with Gasteiger partial charge >= 0.3 is 6.03 Å². The summed E-state index contributed by atoms with van der Waals surface area (Å²) in [4.78, 5) is 13.8. The summed E-state index contributed by atoms with van der Waals surface area (Å²) in [6.07, 6.45) is 1.65. The van der Waals surface area contributed by atoms with E-state index in [0.29, 0.717) is 58.7 Å². The summed E-state index contributed by atoms with van der Waals surface area (Å²) in [5.74, 6) is -0.0443. The number of urea groups is 1. The van der Waals surface area contributed by atoms with Crippen LogP contribution >= 0.6 is 0 Å². The van der Waals surface area contributed by atoms with Gasteiger partial charge in [0.25, 0.3) is 0 Å². The maximum Gasteiger partial charge on any atom is 0.317 e. The number of piperidine rings is 1. The summed E-state index contributed by atoms with van der Waals surface area (Å²) in [5, 5.41) is 2.64. The molecule has 158 valence electrons. The second kappa shape index (κ2) is 10.0. The molecule has 0 bridgehead atoms. The first-order chi connectivity index (χ1) is 12.7. The van der Waals surface area contributed by atoms with Crippen molar-refractivity contribution in [1.29, 1.82) is 0 Å². The molecule has 2 amide bonds. The van der Waals surface area contributed by atoms with Gasteiger partial charge in [0.2, 0.25) is 20.0 Å². The van der Waals surface area contributed by atoms with E-state index < -0.39 is 20.0 Å². The zero-order valence-corrected chi connectivity index (χ0v) is 17.4. The van der Waals surface area contributed by atoms with Gasteiger partial charge in [0, 0.05) is 38.8 Å². The first-order valence-corrected chi connectivity index (χ1v) is 12.6. The monoisotopic (exact) mass is 426 g/mol. The average molecular weight is 427 g/mol. The summed E-state index contributed by atoms with van der Waals surface area (Å²) in [6.45, 7) is 4.19. The van der Waals surface area contributed by atoms with Crippen molar-refractivity contribution in [3.63, 3.8) is 0 Å². The lowest BCUT2D eigenvalue weighted by Gasteiger charge is -2.32. The van der Waals surface area contributed by atoms with Crippen molar-refractivity contribution in [3.05, 3.63) is 0 Å². The number of sulfonamides is 2. The van der Waals surface area contributed by atoms with Gasteiger partial charge in [0.1, 0.15) is 0 Å². The van der Waals surface area contributed by atoms with Gasteiger partial charge in [-0.3, -0.25) is 0 Å². The third kappa shape index (κ3) is 7.18. The Labute approximate surface area is 161 Å². The standard InChI is InChI=1S/C15H30N4O6S2/c1-2-12-26(21,22)17-14-3-6-18(7-4-14)15(20)16-5-13-27(23,24)19-8-10-25-11-9-19/h14,17H,2-13H2,1H3,(H,16,20). The molecule has 2 saturated heterocycles. The number of rotatable bonds is 8. The molecule has 0 aliphatic carbocycles. The number of carbonyl (C=O) groups excluding carboxylic acids is 1. The molecule has 2 fully saturated rings. The van der Waals surface area contributed by atoms with E-state index in [9.17, 15) is 21.6 Å². The third-order valence-electron chi connectivity index (χ3n) is 4.60. The molecule has 0 radical (unpaired) electrons. The molecule has 0 spiro atoms. The number of amides is 2. The van der Waals surface area contributed by atoms with E-state index in [-0.39, 0.29) is 30.1 Å². The Bertz CT molecular complexity index is 683. The molecule has 10 nitrogen and oxygen atoms in total. The lowest BCUT2D eigenvalue weighted by Crippen LogP contribution is -2.50. The molecule has 0 saturated carbocycles. The van der Waals surface area contributed by atoms with Crippen LogP contribution in [0, 0.1) is 0 Å². The largest absolute Gasteiger partial charge is 0.379 e. The minimum atomic E-state index is -3.40. The first-order valence-electron chi connectivity index (χ1n) is 9.32. The second-order valence-electron chi connectivity index (χ2n) is 6.76.